The van der Waals surface area contributed by atoms with Gasteiger partial charge >= 0.3 is 0 Å². The molecule has 6 nitrogen and oxygen atoms in total. The summed E-state index contributed by atoms with van der Waals surface area (Å²) >= 11 is 0. The topological polar surface area (TPSA) is 68.8 Å². The van der Waals surface area contributed by atoms with Crippen molar-refractivity contribution in [2.45, 2.75) is 33.0 Å². The molecule has 0 saturated heterocycles. The summed E-state index contributed by atoms with van der Waals surface area (Å²) in [4.78, 5) is 8.72. The van der Waals surface area contributed by atoms with Gasteiger partial charge in [0.25, 0.3) is 0 Å². The van der Waals surface area contributed by atoms with E-state index in [2.05, 4.69) is 34.3 Å². The van der Waals surface area contributed by atoms with Crippen LogP contribution in [-0.2, 0) is 13.1 Å². The van der Waals surface area contributed by atoms with Gasteiger partial charge in [-0.15, -0.1) is 0 Å². The van der Waals surface area contributed by atoms with Gasteiger partial charge in [-0.25, -0.2) is 4.98 Å². The summed E-state index contributed by atoms with van der Waals surface area (Å²) in [5.41, 5.74) is 2.04. The molecule has 1 N–H and O–H groups in total. The van der Waals surface area contributed by atoms with Crippen molar-refractivity contribution in [1.29, 1.82) is 0 Å². The Morgan fingerprint density at radius 2 is 2.15 bits per heavy atom. The van der Waals surface area contributed by atoms with E-state index >= 15 is 0 Å². The lowest BCUT2D eigenvalue weighted by atomic mass is 10.3. The van der Waals surface area contributed by atoms with Crippen LogP contribution in [0.4, 0.5) is 0 Å². The van der Waals surface area contributed by atoms with Crippen molar-refractivity contribution in [2.75, 3.05) is 0 Å². The molecule has 104 valence electrons. The van der Waals surface area contributed by atoms with Gasteiger partial charge in [-0.2, -0.15) is 4.98 Å². The van der Waals surface area contributed by atoms with Crippen LogP contribution < -0.4 is 5.32 Å². The Morgan fingerprint density at radius 1 is 1.30 bits per heavy atom. The number of rotatable bonds is 5. The second-order valence-electron chi connectivity index (χ2n) is 5.00. The second-order valence-corrected chi connectivity index (χ2v) is 5.00. The number of aromatic nitrogens is 4. The summed E-state index contributed by atoms with van der Waals surface area (Å²) < 4.78 is 7.23. The first-order valence-electron chi connectivity index (χ1n) is 6.67. The molecule has 0 fully saturated rings. The van der Waals surface area contributed by atoms with Gasteiger partial charge < -0.3 is 14.4 Å². The fraction of sp³-hybridized carbons (Fsp3) is 0.357. The number of imidazole rings is 1. The number of para-hydroxylation sites is 2. The zero-order valence-electron chi connectivity index (χ0n) is 11.6. The van der Waals surface area contributed by atoms with Crippen LogP contribution in [0.2, 0.25) is 0 Å². The molecule has 3 rings (SSSR count). The van der Waals surface area contributed by atoms with Gasteiger partial charge in [0.2, 0.25) is 5.89 Å². The van der Waals surface area contributed by atoms with Crippen molar-refractivity contribution < 1.29 is 4.52 Å². The molecule has 0 saturated carbocycles. The van der Waals surface area contributed by atoms with Crippen LogP contribution in [0.15, 0.2) is 35.1 Å². The molecule has 0 aliphatic rings. The number of benzene rings is 1. The molecule has 0 spiro atoms. The quantitative estimate of drug-likeness (QED) is 0.768. The van der Waals surface area contributed by atoms with E-state index in [4.69, 9.17) is 4.52 Å². The van der Waals surface area contributed by atoms with Crippen LogP contribution in [0, 0.1) is 0 Å². The standard InChI is InChI=1S/C14H17N5O/c1-10(2)15-7-14-17-13(18-20-14)8-19-9-16-11-5-3-4-6-12(11)19/h3-6,9-10,15H,7-8H2,1-2H3. The van der Waals surface area contributed by atoms with Crippen molar-refractivity contribution in [1.82, 2.24) is 25.0 Å². The highest BCUT2D eigenvalue weighted by atomic mass is 16.5. The largest absolute Gasteiger partial charge is 0.338 e. The first-order valence-corrected chi connectivity index (χ1v) is 6.67. The summed E-state index contributed by atoms with van der Waals surface area (Å²) in [5.74, 6) is 1.27. The Morgan fingerprint density at radius 3 is 3.00 bits per heavy atom. The highest BCUT2D eigenvalue weighted by Crippen LogP contribution is 2.13. The van der Waals surface area contributed by atoms with Crippen molar-refractivity contribution in [3.63, 3.8) is 0 Å². The van der Waals surface area contributed by atoms with Crippen LogP contribution in [0.5, 0.6) is 0 Å². The van der Waals surface area contributed by atoms with E-state index in [9.17, 15) is 0 Å². The zero-order valence-corrected chi connectivity index (χ0v) is 11.6. The average Bonchev–Trinajstić information content (AvgIpc) is 3.05. The lowest BCUT2D eigenvalue weighted by Crippen LogP contribution is -2.21. The smallest absolute Gasteiger partial charge is 0.240 e. The van der Waals surface area contributed by atoms with Crippen molar-refractivity contribution in [3.8, 4) is 0 Å². The molecular formula is C14H17N5O. The molecule has 0 unspecified atom stereocenters. The monoisotopic (exact) mass is 271 g/mol. The minimum Gasteiger partial charge on any atom is -0.338 e. The van der Waals surface area contributed by atoms with Gasteiger partial charge in [0.15, 0.2) is 5.82 Å². The molecule has 2 heterocycles. The number of nitrogens with one attached hydrogen (secondary N) is 1. The van der Waals surface area contributed by atoms with E-state index in [-0.39, 0.29) is 0 Å². The molecular weight excluding hydrogens is 254 g/mol. The van der Waals surface area contributed by atoms with E-state index in [1.54, 1.807) is 6.33 Å². The van der Waals surface area contributed by atoms with Crippen molar-refractivity contribution in [3.05, 3.63) is 42.3 Å². The highest BCUT2D eigenvalue weighted by Gasteiger charge is 2.09. The van der Waals surface area contributed by atoms with E-state index in [1.807, 2.05) is 28.8 Å². The molecule has 0 amide bonds. The van der Waals surface area contributed by atoms with Crippen LogP contribution in [-0.4, -0.2) is 25.7 Å². The third-order valence-corrected chi connectivity index (χ3v) is 3.01. The number of hydrogen-bond acceptors (Lipinski definition) is 5. The normalized spacial score (nSPS) is 11.6. The SMILES string of the molecule is CC(C)NCc1nc(Cn2cnc3ccccc32)no1. The average molecular weight is 271 g/mol. The summed E-state index contributed by atoms with van der Waals surface area (Å²) in [7, 11) is 0. The van der Waals surface area contributed by atoms with Gasteiger partial charge in [0, 0.05) is 6.04 Å². The third kappa shape index (κ3) is 2.70. The molecule has 1 aromatic carbocycles. The Kier molecular flexibility index (Phi) is 3.47. The Balaban J connectivity index is 1.74. The Labute approximate surface area is 116 Å². The second kappa shape index (κ2) is 5.42. The maximum Gasteiger partial charge on any atom is 0.240 e. The molecule has 0 bridgehead atoms. The van der Waals surface area contributed by atoms with Gasteiger partial charge in [-0.05, 0) is 12.1 Å². The minimum atomic E-state index is 0.392. The first kappa shape index (κ1) is 12.8. The predicted molar refractivity (Wildman–Crippen MR) is 75.1 cm³/mol. The van der Waals surface area contributed by atoms with E-state index in [1.165, 1.54) is 0 Å². The van der Waals surface area contributed by atoms with Gasteiger partial charge in [-0.3, -0.25) is 0 Å². The lowest BCUT2D eigenvalue weighted by Gasteiger charge is -2.03. The summed E-state index contributed by atoms with van der Waals surface area (Å²) in [5, 5.41) is 7.25. The predicted octanol–water partition coefficient (Wildman–Crippen LogP) is 1.97. The van der Waals surface area contributed by atoms with Crippen LogP contribution in [0.3, 0.4) is 0 Å². The van der Waals surface area contributed by atoms with Gasteiger partial charge in [0.05, 0.1) is 30.5 Å². The number of fused-ring (bicyclic) bond motifs is 1. The summed E-state index contributed by atoms with van der Waals surface area (Å²) in [6.45, 7) is 5.31. The molecule has 0 radical (unpaired) electrons. The van der Waals surface area contributed by atoms with Gasteiger partial charge in [-0.1, -0.05) is 31.1 Å². The van der Waals surface area contributed by atoms with Crippen LogP contribution >= 0.6 is 0 Å². The molecule has 0 aliphatic heterocycles. The molecule has 0 aliphatic carbocycles. The van der Waals surface area contributed by atoms with E-state index < -0.39 is 0 Å². The summed E-state index contributed by atoms with van der Waals surface area (Å²) in [6.07, 6.45) is 1.80. The fourth-order valence-corrected chi connectivity index (χ4v) is 2.01. The first-order chi connectivity index (χ1) is 9.72. The molecule has 2 aromatic heterocycles. The van der Waals surface area contributed by atoms with E-state index in [0.717, 1.165) is 11.0 Å². The molecule has 6 heteroatoms. The van der Waals surface area contributed by atoms with Gasteiger partial charge in [0.1, 0.15) is 0 Å². The van der Waals surface area contributed by atoms with E-state index in [0.29, 0.717) is 30.8 Å². The van der Waals surface area contributed by atoms with Crippen LogP contribution in [0.1, 0.15) is 25.6 Å². The number of hydrogen-bond donors (Lipinski definition) is 1. The zero-order chi connectivity index (χ0) is 13.9. The Hall–Kier alpha value is -2.21. The maximum absolute atomic E-state index is 5.22. The molecule has 3 aromatic rings. The molecule has 0 atom stereocenters. The third-order valence-electron chi connectivity index (χ3n) is 3.01. The minimum absolute atomic E-state index is 0.392. The summed E-state index contributed by atoms with van der Waals surface area (Å²) in [6, 6.07) is 8.38. The Bertz CT molecular complexity index is 700. The van der Waals surface area contributed by atoms with Crippen LogP contribution in [0.25, 0.3) is 11.0 Å². The lowest BCUT2D eigenvalue weighted by molar-refractivity contribution is 0.357. The maximum atomic E-state index is 5.22. The highest BCUT2D eigenvalue weighted by molar-refractivity contribution is 5.74. The fourth-order valence-electron chi connectivity index (χ4n) is 2.01. The number of nitrogens with zero attached hydrogens (tertiary/aromatic N) is 4. The van der Waals surface area contributed by atoms with Crippen molar-refractivity contribution in [2.24, 2.45) is 0 Å². The van der Waals surface area contributed by atoms with Crippen molar-refractivity contribution >= 4 is 11.0 Å². The molecule has 20 heavy (non-hydrogen) atoms.